The van der Waals surface area contributed by atoms with Crippen LogP contribution in [-0.2, 0) is 0 Å². The number of hydrogen-bond donors (Lipinski definition) is 2. The van der Waals surface area contributed by atoms with E-state index in [4.69, 9.17) is 11.6 Å². The molecule has 0 aliphatic heterocycles. The molecule has 0 saturated heterocycles. The van der Waals surface area contributed by atoms with Crippen LogP contribution in [0.4, 0.5) is 0 Å². The molecule has 100 valence electrons. The maximum atomic E-state index is 10.1. The van der Waals surface area contributed by atoms with Gasteiger partial charge >= 0.3 is 0 Å². The molecule has 0 radical (unpaired) electrons. The molecule has 5 heteroatoms. The lowest BCUT2D eigenvalue weighted by atomic mass is 10.1. The maximum absolute atomic E-state index is 10.1. The molecule has 2 rings (SSSR count). The molecule has 0 spiro atoms. The van der Waals surface area contributed by atoms with Crippen molar-refractivity contribution in [2.75, 3.05) is 5.75 Å². The van der Waals surface area contributed by atoms with Gasteiger partial charge in [-0.25, -0.2) is 0 Å². The lowest BCUT2D eigenvalue weighted by Gasteiger charge is -2.13. The van der Waals surface area contributed by atoms with Crippen molar-refractivity contribution in [2.24, 2.45) is 0 Å². The summed E-state index contributed by atoms with van der Waals surface area (Å²) in [6.45, 7) is 0. The monoisotopic (exact) mass is 358 g/mol. The van der Waals surface area contributed by atoms with Gasteiger partial charge in [0.25, 0.3) is 0 Å². The number of phenolic OH excluding ortho intramolecular Hbond substituents is 1. The standard InChI is InChI=1S/C14H12BrClO2S/c15-9-4-5-13(17)12(6-9)14(18)8-19-11-3-1-2-10(16)7-11/h1-7,14,17-18H,8H2. The minimum absolute atomic E-state index is 0.0994. The van der Waals surface area contributed by atoms with E-state index in [-0.39, 0.29) is 5.75 Å². The van der Waals surface area contributed by atoms with Gasteiger partial charge in [0.15, 0.2) is 0 Å². The molecule has 0 aliphatic rings. The summed E-state index contributed by atoms with van der Waals surface area (Å²) < 4.78 is 0.826. The molecule has 0 heterocycles. The van der Waals surface area contributed by atoms with Crippen LogP contribution in [0.15, 0.2) is 51.8 Å². The first-order valence-electron chi connectivity index (χ1n) is 5.61. The Kier molecular flexibility index (Phi) is 5.16. The van der Waals surface area contributed by atoms with Gasteiger partial charge in [0.1, 0.15) is 5.75 Å². The molecule has 0 saturated carbocycles. The molecule has 2 aromatic carbocycles. The Balaban J connectivity index is 2.05. The van der Waals surface area contributed by atoms with Crippen molar-refractivity contribution in [2.45, 2.75) is 11.0 Å². The number of phenols is 1. The van der Waals surface area contributed by atoms with E-state index in [1.165, 1.54) is 11.8 Å². The van der Waals surface area contributed by atoms with Crippen molar-refractivity contribution in [3.05, 3.63) is 57.5 Å². The summed E-state index contributed by atoms with van der Waals surface area (Å²) in [5.41, 5.74) is 0.518. The quantitative estimate of drug-likeness (QED) is 0.782. The van der Waals surface area contributed by atoms with Gasteiger partial charge in [-0.05, 0) is 36.4 Å². The van der Waals surface area contributed by atoms with Gasteiger partial charge in [-0.1, -0.05) is 33.6 Å². The van der Waals surface area contributed by atoms with Crippen LogP contribution in [0.25, 0.3) is 0 Å². The summed E-state index contributed by atoms with van der Waals surface area (Å²) in [7, 11) is 0. The van der Waals surface area contributed by atoms with Crippen LogP contribution in [0.3, 0.4) is 0 Å². The molecule has 1 atom stereocenters. The van der Waals surface area contributed by atoms with Crippen LogP contribution in [0.1, 0.15) is 11.7 Å². The third-order valence-electron chi connectivity index (χ3n) is 2.55. The second kappa shape index (κ2) is 6.66. The van der Waals surface area contributed by atoms with E-state index < -0.39 is 6.10 Å². The van der Waals surface area contributed by atoms with Gasteiger partial charge in [0, 0.05) is 25.7 Å². The van der Waals surface area contributed by atoms with Crippen molar-refractivity contribution >= 4 is 39.3 Å². The van der Waals surface area contributed by atoms with E-state index in [1.807, 2.05) is 24.3 Å². The Morgan fingerprint density at radius 2 is 2.00 bits per heavy atom. The van der Waals surface area contributed by atoms with E-state index >= 15 is 0 Å². The number of thioether (sulfide) groups is 1. The molecular formula is C14H12BrClO2S. The van der Waals surface area contributed by atoms with Crippen molar-refractivity contribution in [1.29, 1.82) is 0 Å². The summed E-state index contributed by atoms with van der Waals surface area (Å²) in [5.74, 6) is 0.548. The van der Waals surface area contributed by atoms with Crippen molar-refractivity contribution in [1.82, 2.24) is 0 Å². The van der Waals surface area contributed by atoms with Crippen LogP contribution in [0.2, 0.25) is 5.02 Å². The predicted molar refractivity (Wildman–Crippen MR) is 82.9 cm³/mol. The average molecular weight is 360 g/mol. The Labute approximate surface area is 129 Å². The molecule has 2 aromatic rings. The SMILES string of the molecule is Oc1ccc(Br)cc1C(O)CSc1cccc(Cl)c1. The molecule has 0 fully saturated rings. The number of rotatable bonds is 4. The number of aromatic hydroxyl groups is 1. The Bertz CT molecular complexity index is 577. The van der Waals surface area contributed by atoms with Gasteiger partial charge in [-0.15, -0.1) is 11.8 Å². The summed E-state index contributed by atoms with van der Waals surface area (Å²) in [5, 5.41) is 20.5. The Morgan fingerprint density at radius 3 is 2.74 bits per heavy atom. The fraction of sp³-hybridized carbons (Fsp3) is 0.143. The molecule has 1 unspecified atom stereocenters. The fourth-order valence-corrected chi connectivity index (χ4v) is 3.16. The number of hydrogen-bond acceptors (Lipinski definition) is 3. The smallest absolute Gasteiger partial charge is 0.121 e. The summed E-state index contributed by atoms with van der Waals surface area (Å²) in [6.07, 6.45) is -0.735. The first-order chi connectivity index (χ1) is 9.06. The van der Waals surface area contributed by atoms with E-state index in [2.05, 4.69) is 15.9 Å². The van der Waals surface area contributed by atoms with Gasteiger partial charge < -0.3 is 10.2 Å². The molecular weight excluding hydrogens is 348 g/mol. The molecule has 2 N–H and O–H groups in total. The first kappa shape index (κ1) is 14.7. The fourth-order valence-electron chi connectivity index (χ4n) is 1.61. The zero-order chi connectivity index (χ0) is 13.8. The van der Waals surface area contributed by atoms with Crippen LogP contribution in [-0.4, -0.2) is 16.0 Å². The highest BCUT2D eigenvalue weighted by molar-refractivity contribution is 9.10. The molecule has 2 nitrogen and oxygen atoms in total. The van der Waals surface area contributed by atoms with E-state index in [1.54, 1.807) is 18.2 Å². The van der Waals surface area contributed by atoms with Gasteiger partial charge in [-0.3, -0.25) is 0 Å². The number of aliphatic hydroxyl groups excluding tert-OH is 1. The third kappa shape index (κ3) is 4.14. The predicted octanol–water partition coefficient (Wildman–Crippen LogP) is 4.63. The largest absolute Gasteiger partial charge is 0.508 e. The van der Waals surface area contributed by atoms with Gasteiger partial charge in [0.05, 0.1) is 6.10 Å². The maximum Gasteiger partial charge on any atom is 0.121 e. The number of aliphatic hydroxyl groups is 1. The van der Waals surface area contributed by atoms with E-state index in [0.717, 1.165) is 9.37 Å². The van der Waals surface area contributed by atoms with Crippen LogP contribution in [0, 0.1) is 0 Å². The first-order valence-corrected chi connectivity index (χ1v) is 7.77. The van der Waals surface area contributed by atoms with Gasteiger partial charge in [0.2, 0.25) is 0 Å². The zero-order valence-electron chi connectivity index (χ0n) is 9.88. The molecule has 0 aliphatic carbocycles. The van der Waals surface area contributed by atoms with Crippen molar-refractivity contribution in [3.8, 4) is 5.75 Å². The topological polar surface area (TPSA) is 40.5 Å². The van der Waals surface area contributed by atoms with Crippen molar-refractivity contribution in [3.63, 3.8) is 0 Å². The highest BCUT2D eigenvalue weighted by Gasteiger charge is 2.13. The normalized spacial score (nSPS) is 12.4. The van der Waals surface area contributed by atoms with Gasteiger partial charge in [-0.2, -0.15) is 0 Å². The summed E-state index contributed by atoms with van der Waals surface area (Å²) >= 11 is 10.7. The van der Waals surface area contributed by atoms with Crippen molar-refractivity contribution < 1.29 is 10.2 Å². The lowest BCUT2D eigenvalue weighted by molar-refractivity contribution is 0.199. The molecule has 0 bridgehead atoms. The number of benzene rings is 2. The minimum Gasteiger partial charge on any atom is -0.508 e. The summed E-state index contributed by atoms with van der Waals surface area (Å²) in [6, 6.07) is 12.5. The van der Waals surface area contributed by atoms with Crippen LogP contribution >= 0.6 is 39.3 Å². The highest BCUT2D eigenvalue weighted by Crippen LogP contribution is 2.32. The Morgan fingerprint density at radius 1 is 1.21 bits per heavy atom. The average Bonchev–Trinajstić information content (AvgIpc) is 2.39. The third-order valence-corrected chi connectivity index (χ3v) is 4.35. The Hall–Kier alpha value is -0.680. The summed E-state index contributed by atoms with van der Waals surface area (Å²) in [4.78, 5) is 0.987. The van der Waals surface area contributed by atoms with Crippen LogP contribution in [0.5, 0.6) is 5.75 Å². The van der Waals surface area contributed by atoms with E-state index in [9.17, 15) is 10.2 Å². The van der Waals surface area contributed by atoms with E-state index in [0.29, 0.717) is 16.3 Å². The number of halogens is 2. The molecule has 19 heavy (non-hydrogen) atoms. The molecule has 0 aromatic heterocycles. The minimum atomic E-state index is -0.735. The molecule has 0 amide bonds. The highest BCUT2D eigenvalue weighted by atomic mass is 79.9. The zero-order valence-corrected chi connectivity index (χ0v) is 13.0. The lowest BCUT2D eigenvalue weighted by Crippen LogP contribution is -2.01. The second-order valence-electron chi connectivity index (χ2n) is 3.99. The second-order valence-corrected chi connectivity index (χ2v) is 6.43. The van der Waals surface area contributed by atoms with Crippen LogP contribution < -0.4 is 0 Å².